The monoisotopic (exact) mass is 551 g/mol. The van der Waals surface area contributed by atoms with E-state index in [1.807, 2.05) is 0 Å². The van der Waals surface area contributed by atoms with E-state index in [0.717, 1.165) is 12.1 Å². The molecule has 3 aromatic carbocycles. The number of aliphatic hydroxyl groups is 1. The zero-order chi connectivity index (χ0) is 28.7. The molecule has 1 aromatic heterocycles. The molecule has 0 radical (unpaired) electrons. The van der Waals surface area contributed by atoms with E-state index >= 15 is 0 Å². The fraction of sp³-hybridized carbons (Fsp3) is 0.207. The lowest BCUT2D eigenvalue weighted by atomic mass is 9.94. The molecule has 0 saturated carbocycles. The molecule has 0 amide bonds. The van der Waals surface area contributed by atoms with E-state index < -0.39 is 17.2 Å². The second-order valence-corrected chi connectivity index (χ2v) is 8.72. The van der Waals surface area contributed by atoms with Crippen molar-refractivity contribution in [2.75, 3.05) is 27.9 Å². The molecule has 0 bridgehead atoms. The maximum Gasteiger partial charge on any atom is 0.203 e. The van der Waals surface area contributed by atoms with Gasteiger partial charge < -0.3 is 24.1 Å². The van der Waals surface area contributed by atoms with Crippen LogP contribution in [0.3, 0.4) is 0 Å². The van der Waals surface area contributed by atoms with Crippen LogP contribution < -0.4 is 18.9 Å². The normalized spacial score (nSPS) is 12.7. The number of hydrogen-bond acceptors (Lipinski definition) is 8. The Morgan fingerprint density at radius 2 is 1.70 bits per heavy atom. The first-order valence-electron chi connectivity index (χ1n) is 12.0. The average Bonchev–Trinajstić information content (AvgIpc) is 3.47. The zero-order valence-electron chi connectivity index (χ0n) is 22.0. The van der Waals surface area contributed by atoms with Gasteiger partial charge in [0.15, 0.2) is 17.3 Å². The van der Waals surface area contributed by atoms with Crippen molar-refractivity contribution in [2.24, 2.45) is 0 Å². The number of nitrogens with zero attached hydrogens (tertiary/aromatic N) is 3. The van der Waals surface area contributed by atoms with Crippen LogP contribution in [0.5, 0.6) is 23.0 Å². The molecule has 40 heavy (non-hydrogen) atoms. The van der Waals surface area contributed by atoms with Crippen molar-refractivity contribution in [1.29, 1.82) is 0 Å². The number of benzene rings is 3. The summed E-state index contributed by atoms with van der Waals surface area (Å²) in [6, 6.07) is 12.6. The molecule has 0 aliphatic carbocycles. The highest BCUT2D eigenvalue weighted by molar-refractivity contribution is 6.06. The van der Waals surface area contributed by atoms with Crippen molar-refractivity contribution in [1.82, 2.24) is 14.8 Å². The van der Waals surface area contributed by atoms with Gasteiger partial charge in [-0.1, -0.05) is 12.1 Å². The number of ketones is 1. The number of rotatable bonds is 12. The number of ether oxygens (including phenoxy) is 4. The van der Waals surface area contributed by atoms with Gasteiger partial charge in [0.05, 0.1) is 27.9 Å². The van der Waals surface area contributed by atoms with Gasteiger partial charge in [0.1, 0.15) is 42.2 Å². The standard InChI is InChI=1S/C29H27F2N3O6/c1-37-26-12-19(13-27(38-2)28(26)39-3)4-11-25(35)20-5-8-22(9-6-20)40-16-29(36,15-34-18-32-17-33-34)23-10-7-21(30)14-24(23)31/h4-14,17-18,36H,15-16H2,1-3H3. The fourth-order valence-corrected chi connectivity index (χ4v) is 4.04. The van der Waals surface area contributed by atoms with Crippen LogP contribution in [-0.2, 0) is 12.1 Å². The minimum atomic E-state index is -1.90. The molecule has 0 aliphatic heterocycles. The number of halogens is 2. The minimum absolute atomic E-state index is 0.159. The van der Waals surface area contributed by atoms with Gasteiger partial charge in [-0.25, -0.2) is 18.4 Å². The van der Waals surface area contributed by atoms with Gasteiger partial charge in [0, 0.05) is 17.2 Å². The smallest absolute Gasteiger partial charge is 0.203 e. The summed E-state index contributed by atoms with van der Waals surface area (Å²) >= 11 is 0. The lowest BCUT2D eigenvalue weighted by Crippen LogP contribution is -2.39. The van der Waals surface area contributed by atoms with Crippen LogP contribution in [0, 0.1) is 11.6 Å². The minimum Gasteiger partial charge on any atom is -0.493 e. The second-order valence-electron chi connectivity index (χ2n) is 8.72. The Morgan fingerprint density at radius 1 is 1.00 bits per heavy atom. The van der Waals surface area contributed by atoms with Gasteiger partial charge in [-0.15, -0.1) is 0 Å². The van der Waals surface area contributed by atoms with Gasteiger partial charge in [-0.3, -0.25) is 4.79 Å². The van der Waals surface area contributed by atoms with Crippen LogP contribution in [-0.4, -0.2) is 53.6 Å². The number of methoxy groups -OCH3 is 3. The molecular weight excluding hydrogens is 524 g/mol. The third kappa shape index (κ3) is 6.44. The predicted molar refractivity (Wildman–Crippen MR) is 142 cm³/mol. The van der Waals surface area contributed by atoms with Crippen LogP contribution in [0.25, 0.3) is 6.08 Å². The lowest BCUT2D eigenvalue weighted by molar-refractivity contribution is -0.0297. The first-order valence-corrected chi connectivity index (χ1v) is 12.0. The topological polar surface area (TPSA) is 105 Å². The Morgan fingerprint density at radius 3 is 2.27 bits per heavy atom. The fourth-order valence-electron chi connectivity index (χ4n) is 4.04. The van der Waals surface area contributed by atoms with E-state index in [-0.39, 0.29) is 24.5 Å². The Balaban J connectivity index is 1.48. The highest BCUT2D eigenvalue weighted by atomic mass is 19.1. The average molecular weight is 552 g/mol. The summed E-state index contributed by atoms with van der Waals surface area (Å²) in [5.41, 5.74) is -1.00. The predicted octanol–water partition coefficient (Wildman–Crippen LogP) is 4.45. The first-order chi connectivity index (χ1) is 19.3. The van der Waals surface area contributed by atoms with E-state index in [0.29, 0.717) is 40.2 Å². The molecule has 1 unspecified atom stereocenters. The highest BCUT2D eigenvalue weighted by Crippen LogP contribution is 2.38. The van der Waals surface area contributed by atoms with E-state index in [4.69, 9.17) is 18.9 Å². The van der Waals surface area contributed by atoms with Gasteiger partial charge in [0.2, 0.25) is 5.75 Å². The molecule has 4 aromatic rings. The molecule has 0 saturated heterocycles. The second kappa shape index (κ2) is 12.4. The van der Waals surface area contributed by atoms with Crippen molar-refractivity contribution in [3.8, 4) is 23.0 Å². The molecule has 0 spiro atoms. The molecule has 9 nitrogen and oxygen atoms in total. The Bertz CT molecular complexity index is 1470. The van der Waals surface area contributed by atoms with E-state index in [9.17, 15) is 18.7 Å². The summed E-state index contributed by atoms with van der Waals surface area (Å²) in [6.45, 7) is -0.582. The zero-order valence-corrected chi connectivity index (χ0v) is 22.0. The highest BCUT2D eigenvalue weighted by Gasteiger charge is 2.34. The molecule has 4 rings (SSSR count). The number of aromatic nitrogens is 3. The van der Waals surface area contributed by atoms with E-state index in [2.05, 4.69) is 10.1 Å². The number of carbonyl (C=O) groups is 1. The summed E-state index contributed by atoms with van der Waals surface area (Å²) in [7, 11) is 4.52. The van der Waals surface area contributed by atoms with E-state index in [1.54, 1.807) is 42.5 Å². The molecule has 1 atom stereocenters. The number of carbonyl (C=O) groups excluding carboxylic acids is 1. The van der Waals surface area contributed by atoms with Gasteiger partial charge in [-0.05, 0) is 54.1 Å². The Kier molecular flexibility index (Phi) is 8.75. The first kappa shape index (κ1) is 28.2. The summed E-state index contributed by atoms with van der Waals surface area (Å²) in [5, 5.41) is 15.3. The van der Waals surface area contributed by atoms with Gasteiger partial charge in [0.25, 0.3) is 0 Å². The van der Waals surface area contributed by atoms with Crippen LogP contribution in [0.4, 0.5) is 8.78 Å². The maximum atomic E-state index is 14.6. The molecule has 11 heteroatoms. The summed E-state index contributed by atoms with van der Waals surface area (Å²) < 4.78 is 51.1. The quantitative estimate of drug-likeness (QED) is 0.204. The van der Waals surface area contributed by atoms with Crippen molar-refractivity contribution >= 4 is 11.9 Å². The maximum absolute atomic E-state index is 14.6. The summed E-state index contributed by atoms with van der Waals surface area (Å²) in [5.74, 6) is -0.282. The SMILES string of the molecule is COc1cc(C=CC(=O)c2ccc(OCC(O)(Cn3cncn3)c3ccc(F)cc3F)cc2)cc(OC)c1OC. The van der Waals surface area contributed by atoms with Crippen molar-refractivity contribution in [2.45, 2.75) is 12.1 Å². The molecule has 1 N–H and O–H groups in total. The number of allylic oxidation sites excluding steroid dienone is 1. The van der Waals surface area contributed by atoms with Crippen molar-refractivity contribution in [3.05, 3.63) is 102 Å². The Hall–Kier alpha value is -4.77. The van der Waals surface area contributed by atoms with Gasteiger partial charge in [-0.2, -0.15) is 5.10 Å². The molecule has 208 valence electrons. The van der Waals surface area contributed by atoms with Crippen LogP contribution in [0.1, 0.15) is 21.5 Å². The van der Waals surface area contributed by atoms with Crippen LogP contribution in [0.2, 0.25) is 0 Å². The molecule has 0 aliphatic rings. The van der Waals surface area contributed by atoms with Crippen molar-refractivity contribution in [3.63, 3.8) is 0 Å². The Labute approximate surface area is 229 Å². The third-order valence-electron chi connectivity index (χ3n) is 6.05. The molecule has 0 fully saturated rings. The molecule has 1 heterocycles. The summed E-state index contributed by atoms with van der Waals surface area (Å²) in [4.78, 5) is 16.6. The van der Waals surface area contributed by atoms with Crippen molar-refractivity contribution < 1.29 is 37.6 Å². The molecular formula is C29H27F2N3O6. The number of hydrogen-bond donors (Lipinski definition) is 1. The van der Waals surface area contributed by atoms with E-state index in [1.165, 1.54) is 44.7 Å². The van der Waals surface area contributed by atoms with Crippen LogP contribution in [0.15, 0.2) is 73.3 Å². The van der Waals surface area contributed by atoms with Gasteiger partial charge >= 0.3 is 0 Å². The largest absolute Gasteiger partial charge is 0.493 e. The summed E-state index contributed by atoms with van der Waals surface area (Å²) in [6.07, 6.45) is 5.66. The third-order valence-corrected chi connectivity index (χ3v) is 6.05. The van der Waals surface area contributed by atoms with Crippen LogP contribution >= 0.6 is 0 Å². The lowest BCUT2D eigenvalue weighted by Gasteiger charge is -2.29.